The number of amides is 2. The van der Waals surface area contributed by atoms with Crippen molar-refractivity contribution in [3.05, 3.63) is 29.8 Å². The molecule has 4 nitrogen and oxygen atoms in total. The van der Waals surface area contributed by atoms with E-state index < -0.39 is 0 Å². The summed E-state index contributed by atoms with van der Waals surface area (Å²) in [5.41, 5.74) is 0.987. The van der Waals surface area contributed by atoms with Gasteiger partial charge in [-0.2, -0.15) is 0 Å². The third kappa shape index (κ3) is 5.29. The number of hydrogen-bond donors (Lipinski definition) is 2. The molecule has 2 amide bonds. The summed E-state index contributed by atoms with van der Waals surface area (Å²) in [5.74, 6) is 1.70. The van der Waals surface area contributed by atoms with Crippen molar-refractivity contribution in [1.29, 1.82) is 0 Å². The number of para-hydroxylation sites is 1. The van der Waals surface area contributed by atoms with Crippen LogP contribution in [0, 0.1) is 5.92 Å². The first-order chi connectivity index (χ1) is 10.3. The molecule has 1 fully saturated rings. The summed E-state index contributed by atoms with van der Waals surface area (Å²) in [7, 11) is 1.64. The van der Waals surface area contributed by atoms with Gasteiger partial charge in [0.1, 0.15) is 5.75 Å². The zero-order valence-corrected chi connectivity index (χ0v) is 12.9. The molecule has 0 saturated heterocycles. The van der Waals surface area contributed by atoms with E-state index in [2.05, 4.69) is 10.6 Å². The average Bonchev–Trinajstić information content (AvgIpc) is 3.03. The number of hydrogen-bond acceptors (Lipinski definition) is 2. The molecule has 0 bridgehead atoms. The van der Waals surface area contributed by atoms with Crippen molar-refractivity contribution < 1.29 is 9.53 Å². The van der Waals surface area contributed by atoms with Gasteiger partial charge in [0, 0.05) is 18.7 Å². The van der Waals surface area contributed by atoms with E-state index in [1.165, 1.54) is 32.1 Å². The summed E-state index contributed by atoms with van der Waals surface area (Å²) >= 11 is 0. The lowest BCUT2D eigenvalue weighted by Gasteiger charge is -2.11. The minimum absolute atomic E-state index is 0.104. The van der Waals surface area contributed by atoms with Crippen LogP contribution in [0.3, 0.4) is 0 Å². The van der Waals surface area contributed by atoms with Crippen LogP contribution in [0.25, 0.3) is 0 Å². The molecule has 1 aromatic rings. The summed E-state index contributed by atoms with van der Waals surface area (Å²) in [6.45, 7) is 1.24. The second-order valence-corrected chi connectivity index (χ2v) is 5.71. The minimum Gasteiger partial charge on any atom is -0.496 e. The van der Waals surface area contributed by atoms with Gasteiger partial charge < -0.3 is 15.4 Å². The Morgan fingerprint density at radius 3 is 2.76 bits per heavy atom. The zero-order valence-electron chi connectivity index (χ0n) is 12.9. The standard InChI is InChI=1S/C17H26N2O2/c1-21-16-11-5-4-10-15(16)13-19-17(20)18-12-6-9-14-7-2-3-8-14/h4-5,10-11,14H,2-3,6-9,12-13H2,1H3,(H2,18,19,20). The molecule has 4 heteroatoms. The summed E-state index contributed by atoms with van der Waals surface area (Å²) in [6, 6.07) is 7.62. The van der Waals surface area contributed by atoms with Gasteiger partial charge in [0.25, 0.3) is 0 Å². The molecule has 0 spiro atoms. The summed E-state index contributed by atoms with van der Waals surface area (Å²) in [6.07, 6.45) is 7.84. The van der Waals surface area contributed by atoms with Gasteiger partial charge in [0.05, 0.1) is 7.11 Å². The minimum atomic E-state index is -0.104. The number of rotatable bonds is 7. The Kier molecular flexibility index (Phi) is 6.38. The quantitative estimate of drug-likeness (QED) is 0.756. The lowest BCUT2D eigenvalue weighted by Crippen LogP contribution is -2.35. The maximum Gasteiger partial charge on any atom is 0.315 e. The fourth-order valence-electron chi connectivity index (χ4n) is 2.98. The SMILES string of the molecule is COc1ccccc1CNC(=O)NCCCC1CCCC1. The molecule has 2 rings (SSSR count). The predicted octanol–water partition coefficient (Wildman–Crippen LogP) is 3.46. The molecular weight excluding hydrogens is 264 g/mol. The monoisotopic (exact) mass is 290 g/mol. The van der Waals surface area contributed by atoms with Crippen molar-refractivity contribution in [1.82, 2.24) is 10.6 Å². The predicted molar refractivity (Wildman–Crippen MR) is 84.4 cm³/mol. The van der Waals surface area contributed by atoms with Gasteiger partial charge >= 0.3 is 6.03 Å². The van der Waals surface area contributed by atoms with Crippen LogP contribution in [0.4, 0.5) is 4.79 Å². The van der Waals surface area contributed by atoms with Crippen LogP contribution < -0.4 is 15.4 Å². The Bertz CT molecular complexity index is 442. The van der Waals surface area contributed by atoms with Crippen LogP contribution in [-0.4, -0.2) is 19.7 Å². The van der Waals surface area contributed by atoms with E-state index in [0.717, 1.165) is 30.2 Å². The van der Waals surface area contributed by atoms with E-state index in [9.17, 15) is 4.79 Å². The van der Waals surface area contributed by atoms with Gasteiger partial charge in [0.2, 0.25) is 0 Å². The van der Waals surface area contributed by atoms with Crippen LogP contribution in [0.2, 0.25) is 0 Å². The first-order valence-corrected chi connectivity index (χ1v) is 7.93. The van der Waals surface area contributed by atoms with Gasteiger partial charge in [-0.15, -0.1) is 0 Å². The normalized spacial score (nSPS) is 14.9. The molecule has 0 atom stereocenters. The maximum absolute atomic E-state index is 11.7. The Morgan fingerprint density at radius 1 is 1.24 bits per heavy atom. The van der Waals surface area contributed by atoms with Crippen molar-refractivity contribution in [2.75, 3.05) is 13.7 Å². The van der Waals surface area contributed by atoms with Crippen LogP contribution in [0.5, 0.6) is 5.75 Å². The van der Waals surface area contributed by atoms with E-state index in [1.54, 1.807) is 7.11 Å². The third-order valence-electron chi connectivity index (χ3n) is 4.18. The lowest BCUT2D eigenvalue weighted by atomic mass is 10.0. The Labute approximate surface area is 127 Å². The molecule has 0 aromatic heterocycles. The van der Waals surface area contributed by atoms with Crippen molar-refractivity contribution in [2.45, 2.75) is 45.1 Å². The molecule has 0 aliphatic heterocycles. The molecule has 0 heterocycles. The van der Waals surface area contributed by atoms with Gasteiger partial charge in [-0.05, 0) is 24.8 Å². The third-order valence-corrected chi connectivity index (χ3v) is 4.18. The number of urea groups is 1. The summed E-state index contributed by atoms with van der Waals surface area (Å²) < 4.78 is 5.26. The highest BCUT2D eigenvalue weighted by Crippen LogP contribution is 2.28. The highest BCUT2D eigenvalue weighted by atomic mass is 16.5. The van der Waals surface area contributed by atoms with Crippen LogP contribution in [-0.2, 0) is 6.54 Å². The molecule has 1 aliphatic carbocycles. The highest BCUT2D eigenvalue weighted by molar-refractivity contribution is 5.73. The van der Waals surface area contributed by atoms with Crippen LogP contribution >= 0.6 is 0 Å². The van der Waals surface area contributed by atoms with E-state index in [-0.39, 0.29) is 6.03 Å². The molecular formula is C17H26N2O2. The van der Waals surface area contributed by atoms with Crippen LogP contribution in [0.1, 0.15) is 44.1 Å². The number of ether oxygens (including phenoxy) is 1. The van der Waals surface area contributed by atoms with E-state index in [1.807, 2.05) is 24.3 Å². The molecule has 2 N–H and O–H groups in total. The van der Waals surface area contributed by atoms with Gasteiger partial charge in [-0.25, -0.2) is 4.79 Å². The van der Waals surface area contributed by atoms with Gasteiger partial charge in [-0.1, -0.05) is 43.9 Å². The molecule has 1 aliphatic rings. The molecule has 21 heavy (non-hydrogen) atoms. The Morgan fingerprint density at radius 2 is 2.00 bits per heavy atom. The summed E-state index contributed by atoms with van der Waals surface area (Å²) in [5, 5.41) is 5.80. The molecule has 1 saturated carbocycles. The number of methoxy groups -OCH3 is 1. The van der Waals surface area contributed by atoms with E-state index >= 15 is 0 Å². The van der Waals surface area contributed by atoms with Crippen molar-refractivity contribution in [2.24, 2.45) is 5.92 Å². The first-order valence-electron chi connectivity index (χ1n) is 7.93. The molecule has 116 valence electrons. The number of carbonyl (C=O) groups excluding carboxylic acids is 1. The second kappa shape index (κ2) is 8.55. The largest absolute Gasteiger partial charge is 0.496 e. The topological polar surface area (TPSA) is 50.4 Å². The number of benzene rings is 1. The molecule has 0 radical (unpaired) electrons. The van der Waals surface area contributed by atoms with Crippen LogP contribution in [0.15, 0.2) is 24.3 Å². The average molecular weight is 290 g/mol. The lowest BCUT2D eigenvalue weighted by molar-refractivity contribution is 0.240. The van der Waals surface area contributed by atoms with E-state index in [4.69, 9.17) is 4.74 Å². The van der Waals surface area contributed by atoms with Gasteiger partial charge in [-0.3, -0.25) is 0 Å². The fourth-order valence-corrected chi connectivity index (χ4v) is 2.98. The van der Waals surface area contributed by atoms with Crippen molar-refractivity contribution in [3.63, 3.8) is 0 Å². The first kappa shape index (κ1) is 15.7. The fraction of sp³-hybridized carbons (Fsp3) is 0.588. The highest BCUT2D eigenvalue weighted by Gasteiger charge is 2.14. The van der Waals surface area contributed by atoms with Crippen molar-refractivity contribution >= 4 is 6.03 Å². The Balaban J connectivity index is 1.60. The molecule has 1 aromatic carbocycles. The Hall–Kier alpha value is -1.71. The zero-order chi connectivity index (χ0) is 14.9. The van der Waals surface area contributed by atoms with Gasteiger partial charge in [0.15, 0.2) is 0 Å². The van der Waals surface area contributed by atoms with E-state index in [0.29, 0.717) is 6.54 Å². The molecule has 0 unspecified atom stereocenters. The second-order valence-electron chi connectivity index (χ2n) is 5.71. The maximum atomic E-state index is 11.7. The number of nitrogens with one attached hydrogen (secondary N) is 2. The number of carbonyl (C=O) groups is 1. The summed E-state index contributed by atoms with van der Waals surface area (Å²) in [4.78, 5) is 11.7. The smallest absolute Gasteiger partial charge is 0.315 e. The van der Waals surface area contributed by atoms with Crippen molar-refractivity contribution in [3.8, 4) is 5.75 Å².